The summed E-state index contributed by atoms with van der Waals surface area (Å²) >= 11 is 0. The second kappa shape index (κ2) is 10.2. The van der Waals surface area contributed by atoms with Gasteiger partial charge < -0.3 is 19.4 Å². The number of nitrogens with one attached hydrogen (secondary N) is 1. The molecule has 1 aliphatic heterocycles. The lowest BCUT2D eigenvalue weighted by Crippen LogP contribution is -2.39. The quantitative estimate of drug-likeness (QED) is 0.661. The molecule has 28 heavy (non-hydrogen) atoms. The van der Waals surface area contributed by atoms with Crippen molar-refractivity contribution in [3.63, 3.8) is 0 Å². The van der Waals surface area contributed by atoms with Gasteiger partial charge in [0, 0.05) is 13.1 Å². The number of methoxy groups -OCH3 is 1. The third-order valence-corrected chi connectivity index (χ3v) is 5.39. The molecule has 1 saturated heterocycles. The summed E-state index contributed by atoms with van der Waals surface area (Å²) < 4.78 is 11.4. The van der Waals surface area contributed by atoms with Gasteiger partial charge in [0.2, 0.25) is 0 Å². The zero-order chi connectivity index (χ0) is 19.8. The Morgan fingerprint density at radius 1 is 1.25 bits per heavy atom. The number of piperidine rings is 1. The zero-order valence-corrected chi connectivity index (χ0v) is 16.9. The third kappa shape index (κ3) is 5.27. The normalized spacial score (nSPS) is 14.9. The first kappa shape index (κ1) is 20.2. The van der Waals surface area contributed by atoms with Gasteiger partial charge in [0.1, 0.15) is 5.69 Å². The zero-order valence-electron chi connectivity index (χ0n) is 16.9. The first-order chi connectivity index (χ1) is 13.7. The van der Waals surface area contributed by atoms with Gasteiger partial charge in [-0.1, -0.05) is 25.8 Å². The van der Waals surface area contributed by atoms with Crippen molar-refractivity contribution in [3.8, 4) is 11.5 Å². The number of benzene rings is 1. The number of carbonyl (C=O) groups is 1. The number of aromatic amines is 1. The number of nitrogens with zero attached hydrogens (tertiary/aromatic N) is 2. The molecule has 2 aromatic rings. The van der Waals surface area contributed by atoms with Gasteiger partial charge in [-0.05, 0) is 49.3 Å². The molecule has 0 unspecified atom stereocenters. The minimum absolute atomic E-state index is 0.0446. The van der Waals surface area contributed by atoms with Crippen LogP contribution in [0.2, 0.25) is 0 Å². The number of aromatic nitrogens is 2. The van der Waals surface area contributed by atoms with Crippen LogP contribution in [0.15, 0.2) is 30.7 Å². The van der Waals surface area contributed by atoms with E-state index in [1.165, 1.54) is 18.4 Å². The van der Waals surface area contributed by atoms with Gasteiger partial charge in [0.05, 0.1) is 26.2 Å². The van der Waals surface area contributed by atoms with E-state index in [4.69, 9.17) is 9.47 Å². The Balaban J connectivity index is 1.53. The minimum atomic E-state index is 0.0446. The van der Waals surface area contributed by atoms with Crippen molar-refractivity contribution in [2.75, 3.05) is 26.8 Å². The van der Waals surface area contributed by atoms with Crippen molar-refractivity contribution in [2.24, 2.45) is 5.92 Å². The van der Waals surface area contributed by atoms with Crippen LogP contribution in [0, 0.1) is 5.92 Å². The van der Waals surface area contributed by atoms with Crippen molar-refractivity contribution < 1.29 is 14.3 Å². The van der Waals surface area contributed by atoms with E-state index in [9.17, 15) is 4.79 Å². The largest absolute Gasteiger partial charge is 0.493 e. The Labute approximate surface area is 167 Å². The van der Waals surface area contributed by atoms with Gasteiger partial charge in [-0.3, -0.25) is 4.79 Å². The maximum Gasteiger partial charge on any atom is 0.271 e. The van der Waals surface area contributed by atoms with Crippen LogP contribution < -0.4 is 9.47 Å². The number of amides is 1. The van der Waals surface area contributed by atoms with E-state index < -0.39 is 0 Å². The fraction of sp³-hybridized carbons (Fsp3) is 0.545. The molecule has 1 aromatic carbocycles. The molecule has 0 radical (unpaired) electrons. The van der Waals surface area contributed by atoms with Crippen LogP contribution in [-0.2, 0) is 6.42 Å². The van der Waals surface area contributed by atoms with Crippen LogP contribution in [0.4, 0.5) is 0 Å². The van der Waals surface area contributed by atoms with Gasteiger partial charge in [0.15, 0.2) is 11.5 Å². The van der Waals surface area contributed by atoms with Gasteiger partial charge >= 0.3 is 0 Å². The molecule has 1 fully saturated rings. The maximum absolute atomic E-state index is 12.4. The van der Waals surface area contributed by atoms with E-state index in [0.717, 1.165) is 56.9 Å². The Hall–Kier alpha value is -2.50. The summed E-state index contributed by atoms with van der Waals surface area (Å²) in [6.45, 7) is 4.49. The van der Waals surface area contributed by atoms with E-state index in [1.54, 1.807) is 19.6 Å². The standard InChI is InChI=1S/C22H31N3O3/c1-3-4-5-12-28-21-14-18(6-7-20(21)27-2)13-17-8-10-25(11-9-17)22(26)19-15-23-16-24-19/h6-7,14-17H,3-5,8-13H2,1-2H3,(H,23,24). The molecule has 3 rings (SSSR count). The van der Waals surface area contributed by atoms with E-state index in [2.05, 4.69) is 29.0 Å². The highest BCUT2D eigenvalue weighted by Gasteiger charge is 2.24. The number of ether oxygens (including phenoxy) is 2. The van der Waals surface area contributed by atoms with Crippen LogP contribution in [0.25, 0.3) is 0 Å². The van der Waals surface area contributed by atoms with Crippen LogP contribution >= 0.6 is 0 Å². The number of rotatable bonds is 9. The lowest BCUT2D eigenvalue weighted by atomic mass is 9.90. The lowest BCUT2D eigenvalue weighted by molar-refractivity contribution is 0.0685. The Morgan fingerprint density at radius 3 is 2.75 bits per heavy atom. The fourth-order valence-electron chi connectivity index (χ4n) is 3.71. The van der Waals surface area contributed by atoms with Crippen molar-refractivity contribution in [2.45, 2.75) is 45.4 Å². The topological polar surface area (TPSA) is 67.5 Å². The van der Waals surface area contributed by atoms with Crippen LogP contribution in [0.1, 0.15) is 55.1 Å². The van der Waals surface area contributed by atoms with E-state index in [1.807, 2.05) is 11.0 Å². The summed E-state index contributed by atoms with van der Waals surface area (Å²) in [4.78, 5) is 21.2. The molecule has 6 heteroatoms. The average Bonchev–Trinajstić information content (AvgIpc) is 3.26. The van der Waals surface area contributed by atoms with E-state index >= 15 is 0 Å². The number of hydrogen-bond acceptors (Lipinski definition) is 4. The van der Waals surface area contributed by atoms with Gasteiger partial charge in [0.25, 0.3) is 5.91 Å². The van der Waals surface area contributed by atoms with Crippen molar-refractivity contribution in [1.29, 1.82) is 0 Å². The maximum atomic E-state index is 12.4. The average molecular weight is 386 g/mol. The first-order valence-electron chi connectivity index (χ1n) is 10.3. The van der Waals surface area contributed by atoms with Crippen LogP contribution in [0.3, 0.4) is 0 Å². The van der Waals surface area contributed by atoms with Crippen molar-refractivity contribution >= 4 is 5.91 Å². The Morgan fingerprint density at radius 2 is 2.07 bits per heavy atom. The van der Waals surface area contributed by atoms with Crippen LogP contribution in [0.5, 0.6) is 11.5 Å². The molecule has 1 aliphatic rings. The Bertz CT molecular complexity index is 737. The van der Waals surface area contributed by atoms with Gasteiger partial charge in [-0.25, -0.2) is 4.98 Å². The molecule has 0 atom stereocenters. The number of hydrogen-bond donors (Lipinski definition) is 1. The summed E-state index contributed by atoms with van der Waals surface area (Å²) in [5, 5.41) is 0. The highest BCUT2D eigenvalue weighted by Crippen LogP contribution is 2.31. The monoisotopic (exact) mass is 385 g/mol. The molecule has 2 heterocycles. The molecule has 1 aromatic heterocycles. The summed E-state index contributed by atoms with van der Waals surface area (Å²) in [5.41, 5.74) is 1.84. The fourth-order valence-corrected chi connectivity index (χ4v) is 3.71. The number of carbonyl (C=O) groups excluding carboxylic acids is 1. The van der Waals surface area contributed by atoms with Crippen molar-refractivity contribution in [1.82, 2.24) is 14.9 Å². The molecule has 0 saturated carbocycles. The highest BCUT2D eigenvalue weighted by atomic mass is 16.5. The highest BCUT2D eigenvalue weighted by molar-refractivity contribution is 5.92. The molecule has 0 aliphatic carbocycles. The van der Waals surface area contributed by atoms with Gasteiger partial charge in [-0.15, -0.1) is 0 Å². The molecule has 0 bridgehead atoms. The van der Waals surface area contributed by atoms with Crippen molar-refractivity contribution in [3.05, 3.63) is 42.0 Å². The predicted molar refractivity (Wildman–Crippen MR) is 109 cm³/mol. The number of H-pyrrole nitrogens is 1. The second-order valence-corrected chi connectivity index (χ2v) is 7.45. The predicted octanol–water partition coefficient (Wildman–Crippen LogP) is 4.08. The summed E-state index contributed by atoms with van der Waals surface area (Å²) in [6, 6.07) is 6.24. The third-order valence-electron chi connectivity index (χ3n) is 5.39. The summed E-state index contributed by atoms with van der Waals surface area (Å²) in [5.74, 6) is 2.25. The van der Waals surface area contributed by atoms with E-state index in [-0.39, 0.29) is 5.91 Å². The Kier molecular flexibility index (Phi) is 7.34. The molecule has 0 spiro atoms. The summed E-state index contributed by atoms with van der Waals surface area (Å²) in [6.07, 6.45) is 9.59. The second-order valence-electron chi connectivity index (χ2n) is 7.45. The lowest BCUT2D eigenvalue weighted by Gasteiger charge is -2.31. The van der Waals surface area contributed by atoms with Gasteiger partial charge in [-0.2, -0.15) is 0 Å². The number of imidazole rings is 1. The number of unbranched alkanes of at least 4 members (excludes halogenated alkanes) is 2. The van der Waals surface area contributed by atoms with Crippen LogP contribution in [-0.4, -0.2) is 47.6 Å². The smallest absolute Gasteiger partial charge is 0.271 e. The molecule has 1 N–H and O–H groups in total. The molecule has 6 nitrogen and oxygen atoms in total. The number of likely N-dealkylation sites (tertiary alicyclic amines) is 1. The van der Waals surface area contributed by atoms with E-state index in [0.29, 0.717) is 11.6 Å². The summed E-state index contributed by atoms with van der Waals surface area (Å²) in [7, 11) is 1.68. The molecule has 152 valence electrons. The molecular formula is C22H31N3O3. The first-order valence-corrected chi connectivity index (χ1v) is 10.3. The SMILES string of the molecule is CCCCCOc1cc(CC2CCN(C(=O)c3cnc[nH]3)CC2)ccc1OC. The molecular weight excluding hydrogens is 354 g/mol. The minimum Gasteiger partial charge on any atom is -0.493 e. The molecule has 1 amide bonds.